The van der Waals surface area contributed by atoms with E-state index in [2.05, 4.69) is 15.6 Å². The number of carbonyl (C=O) groups excluding carboxylic acids is 2. The molecule has 2 rings (SSSR count). The molecule has 2 amide bonds. The lowest BCUT2D eigenvalue weighted by atomic mass is 10.1. The molecule has 0 bridgehead atoms. The highest BCUT2D eigenvalue weighted by molar-refractivity contribution is 14.0. The molecule has 0 saturated carbocycles. The first-order valence-corrected chi connectivity index (χ1v) is 8.60. The molecule has 26 heavy (non-hydrogen) atoms. The zero-order valence-electron chi connectivity index (χ0n) is 15.1. The third-order valence-electron chi connectivity index (χ3n) is 3.89. The Labute approximate surface area is 171 Å². The first-order chi connectivity index (χ1) is 12.2. The Kier molecular flexibility index (Phi) is 10.9. The van der Waals surface area contributed by atoms with Crippen LogP contribution in [0.2, 0.25) is 0 Å². The van der Waals surface area contributed by atoms with E-state index >= 15 is 0 Å². The highest BCUT2D eigenvalue weighted by Gasteiger charge is 2.25. The molecule has 1 aromatic carbocycles. The summed E-state index contributed by atoms with van der Waals surface area (Å²) in [4.78, 5) is 28.9. The van der Waals surface area contributed by atoms with Gasteiger partial charge in [0, 0.05) is 39.5 Å². The van der Waals surface area contributed by atoms with Crippen LogP contribution in [0.4, 0.5) is 0 Å². The molecular weight excluding hydrogens is 447 g/mol. The molecule has 1 aliphatic heterocycles. The van der Waals surface area contributed by atoms with E-state index in [1.54, 1.807) is 7.05 Å². The zero-order valence-corrected chi connectivity index (χ0v) is 17.4. The number of nitrogens with zero attached hydrogens (tertiary/aromatic N) is 2. The van der Waals surface area contributed by atoms with Crippen molar-refractivity contribution in [3.63, 3.8) is 0 Å². The van der Waals surface area contributed by atoms with Gasteiger partial charge in [-0.05, 0) is 12.0 Å². The van der Waals surface area contributed by atoms with Crippen molar-refractivity contribution in [2.45, 2.75) is 25.9 Å². The minimum Gasteiger partial charge on any atom is -0.375 e. The Bertz CT molecular complexity index is 579. The summed E-state index contributed by atoms with van der Waals surface area (Å²) in [5, 5.41) is 6.25. The van der Waals surface area contributed by atoms with Gasteiger partial charge in [-0.1, -0.05) is 30.3 Å². The Morgan fingerprint density at radius 1 is 1.12 bits per heavy atom. The standard InChI is InChI=1S/C18H26N4O3.HI/c1-19-18(20-10-12-22-16(23)8-5-9-17(22)24)21-11-13-25-14-15-6-3-2-4-7-15;/h2-4,6-7H,5,8-14H2,1H3,(H2,19,20,21);1H. The summed E-state index contributed by atoms with van der Waals surface area (Å²) >= 11 is 0. The van der Waals surface area contributed by atoms with Crippen molar-refractivity contribution in [1.82, 2.24) is 15.5 Å². The molecule has 7 nitrogen and oxygen atoms in total. The second kappa shape index (κ2) is 12.6. The number of imide groups is 1. The summed E-state index contributed by atoms with van der Waals surface area (Å²) in [6.07, 6.45) is 1.57. The second-order valence-corrected chi connectivity index (χ2v) is 5.76. The maximum absolute atomic E-state index is 11.7. The van der Waals surface area contributed by atoms with E-state index in [0.29, 0.717) is 58.1 Å². The third-order valence-corrected chi connectivity index (χ3v) is 3.89. The predicted octanol–water partition coefficient (Wildman–Crippen LogP) is 1.53. The van der Waals surface area contributed by atoms with Crippen LogP contribution in [-0.4, -0.2) is 56.0 Å². The number of carbonyl (C=O) groups is 2. The van der Waals surface area contributed by atoms with Crippen LogP contribution in [0.15, 0.2) is 35.3 Å². The molecule has 0 aliphatic carbocycles. The lowest BCUT2D eigenvalue weighted by molar-refractivity contribution is -0.147. The van der Waals surface area contributed by atoms with Crippen LogP contribution in [0.25, 0.3) is 0 Å². The molecule has 1 saturated heterocycles. The summed E-state index contributed by atoms with van der Waals surface area (Å²) in [6.45, 7) is 2.59. The fourth-order valence-electron chi connectivity index (χ4n) is 2.56. The average Bonchev–Trinajstić information content (AvgIpc) is 2.63. The topological polar surface area (TPSA) is 83.0 Å². The molecule has 0 radical (unpaired) electrons. The van der Waals surface area contributed by atoms with E-state index in [-0.39, 0.29) is 35.8 Å². The van der Waals surface area contributed by atoms with Gasteiger partial charge in [-0.15, -0.1) is 24.0 Å². The molecule has 1 heterocycles. The second-order valence-electron chi connectivity index (χ2n) is 5.76. The van der Waals surface area contributed by atoms with Gasteiger partial charge in [-0.2, -0.15) is 0 Å². The van der Waals surface area contributed by atoms with E-state index < -0.39 is 0 Å². The fraction of sp³-hybridized carbons (Fsp3) is 0.500. The number of likely N-dealkylation sites (tertiary alicyclic amines) is 1. The molecule has 0 atom stereocenters. The predicted molar refractivity (Wildman–Crippen MR) is 111 cm³/mol. The number of aliphatic imine (C=N–C) groups is 1. The number of hydrogen-bond acceptors (Lipinski definition) is 4. The molecule has 144 valence electrons. The molecular formula is C18H27IN4O3. The first-order valence-electron chi connectivity index (χ1n) is 8.60. The van der Waals surface area contributed by atoms with Gasteiger partial charge in [0.2, 0.25) is 11.8 Å². The van der Waals surface area contributed by atoms with Crippen LogP contribution in [0.3, 0.4) is 0 Å². The van der Waals surface area contributed by atoms with Crippen LogP contribution in [0.5, 0.6) is 0 Å². The van der Waals surface area contributed by atoms with Crippen LogP contribution >= 0.6 is 24.0 Å². The van der Waals surface area contributed by atoms with Gasteiger partial charge in [0.15, 0.2) is 5.96 Å². The van der Waals surface area contributed by atoms with E-state index in [1.165, 1.54) is 4.90 Å². The third kappa shape index (κ3) is 7.69. The molecule has 0 aromatic heterocycles. The Hall–Kier alpha value is -1.68. The van der Waals surface area contributed by atoms with Crippen LogP contribution in [0.1, 0.15) is 24.8 Å². The van der Waals surface area contributed by atoms with Crippen molar-refractivity contribution in [2.75, 3.05) is 33.3 Å². The van der Waals surface area contributed by atoms with Gasteiger partial charge in [-0.3, -0.25) is 19.5 Å². The van der Waals surface area contributed by atoms with Crippen molar-refractivity contribution in [2.24, 2.45) is 4.99 Å². The van der Waals surface area contributed by atoms with Crippen molar-refractivity contribution in [3.05, 3.63) is 35.9 Å². The zero-order chi connectivity index (χ0) is 17.9. The monoisotopic (exact) mass is 474 g/mol. The van der Waals surface area contributed by atoms with Crippen molar-refractivity contribution in [1.29, 1.82) is 0 Å². The number of piperidine rings is 1. The number of hydrogen-bond donors (Lipinski definition) is 2. The number of benzene rings is 1. The van der Waals surface area contributed by atoms with Crippen LogP contribution in [0, 0.1) is 0 Å². The molecule has 1 aromatic rings. The van der Waals surface area contributed by atoms with Gasteiger partial charge in [0.05, 0.1) is 13.2 Å². The Morgan fingerprint density at radius 3 is 2.42 bits per heavy atom. The quantitative estimate of drug-likeness (QED) is 0.196. The SMILES string of the molecule is CN=C(NCCOCc1ccccc1)NCCN1C(=O)CCCC1=O.I. The van der Waals surface area contributed by atoms with Gasteiger partial charge < -0.3 is 15.4 Å². The molecule has 0 unspecified atom stereocenters. The minimum atomic E-state index is -0.0877. The lowest BCUT2D eigenvalue weighted by Gasteiger charge is -2.25. The molecule has 1 fully saturated rings. The molecule has 0 spiro atoms. The molecule has 2 N–H and O–H groups in total. The Morgan fingerprint density at radius 2 is 1.77 bits per heavy atom. The van der Waals surface area contributed by atoms with Gasteiger partial charge in [0.1, 0.15) is 0 Å². The largest absolute Gasteiger partial charge is 0.375 e. The number of rotatable bonds is 8. The molecule has 1 aliphatic rings. The summed E-state index contributed by atoms with van der Waals surface area (Å²) in [5.41, 5.74) is 1.14. The summed E-state index contributed by atoms with van der Waals surface area (Å²) in [5.74, 6) is 0.450. The van der Waals surface area contributed by atoms with Gasteiger partial charge in [0.25, 0.3) is 0 Å². The van der Waals surface area contributed by atoms with Crippen molar-refractivity contribution in [3.8, 4) is 0 Å². The smallest absolute Gasteiger partial charge is 0.229 e. The summed E-state index contributed by atoms with van der Waals surface area (Å²) in [7, 11) is 1.68. The Balaban J connectivity index is 0.00000338. The highest BCUT2D eigenvalue weighted by atomic mass is 127. The van der Waals surface area contributed by atoms with Crippen LogP contribution in [-0.2, 0) is 20.9 Å². The van der Waals surface area contributed by atoms with Crippen molar-refractivity contribution < 1.29 is 14.3 Å². The van der Waals surface area contributed by atoms with Crippen molar-refractivity contribution >= 4 is 41.8 Å². The number of guanidine groups is 1. The maximum atomic E-state index is 11.7. The van der Waals surface area contributed by atoms with Crippen LogP contribution < -0.4 is 10.6 Å². The lowest BCUT2D eigenvalue weighted by Crippen LogP contribution is -2.46. The number of ether oxygens (including phenoxy) is 1. The van der Waals surface area contributed by atoms with Gasteiger partial charge in [-0.25, -0.2) is 0 Å². The number of amides is 2. The highest BCUT2D eigenvalue weighted by Crippen LogP contribution is 2.11. The van der Waals surface area contributed by atoms with E-state index in [0.717, 1.165) is 5.56 Å². The summed E-state index contributed by atoms with van der Waals surface area (Å²) in [6, 6.07) is 10.0. The van der Waals surface area contributed by atoms with E-state index in [1.807, 2.05) is 30.3 Å². The summed E-state index contributed by atoms with van der Waals surface area (Å²) < 4.78 is 5.60. The first kappa shape index (κ1) is 22.4. The maximum Gasteiger partial charge on any atom is 0.229 e. The number of nitrogens with one attached hydrogen (secondary N) is 2. The minimum absolute atomic E-state index is 0. The normalized spacial score (nSPS) is 14.8. The molecule has 8 heteroatoms. The van der Waals surface area contributed by atoms with E-state index in [9.17, 15) is 9.59 Å². The average molecular weight is 474 g/mol. The fourth-order valence-corrected chi connectivity index (χ4v) is 2.56. The number of halogens is 1. The van der Waals surface area contributed by atoms with E-state index in [4.69, 9.17) is 4.74 Å². The van der Waals surface area contributed by atoms with Gasteiger partial charge >= 0.3 is 0 Å².